The van der Waals surface area contributed by atoms with Gasteiger partial charge in [0.1, 0.15) is 0 Å². The average Bonchev–Trinajstić information content (AvgIpc) is 3.15. The van der Waals surface area contributed by atoms with Crippen LogP contribution in [-0.2, 0) is 24.3 Å². The number of carbonyl (C=O) groups is 1. The monoisotopic (exact) mass is 383 g/mol. The second kappa shape index (κ2) is 8.43. The van der Waals surface area contributed by atoms with Gasteiger partial charge >= 0.3 is 0 Å². The van der Waals surface area contributed by atoms with Crippen LogP contribution in [0.3, 0.4) is 0 Å². The van der Waals surface area contributed by atoms with Crippen LogP contribution in [0.5, 0.6) is 0 Å². The Hall–Kier alpha value is -2.22. The lowest BCUT2D eigenvalue weighted by Gasteiger charge is -2.40. The maximum atomic E-state index is 13.1. The Morgan fingerprint density at radius 3 is 2.79 bits per heavy atom. The molecule has 150 valence electrons. The third-order valence-electron chi connectivity index (χ3n) is 5.76. The number of aromatic nitrogens is 2. The molecule has 2 aromatic rings. The second-order valence-electron chi connectivity index (χ2n) is 7.72. The van der Waals surface area contributed by atoms with Crippen molar-refractivity contribution in [1.29, 1.82) is 0 Å². The quantitative estimate of drug-likeness (QED) is 0.782. The van der Waals surface area contributed by atoms with Crippen LogP contribution in [0.1, 0.15) is 34.6 Å². The molecule has 0 radical (unpaired) electrons. The van der Waals surface area contributed by atoms with E-state index in [1.165, 1.54) is 5.56 Å². The molecule has 2 aliphatic rings. The Morgan fingerprint density at radius 1 is 1.25 bits per heavy atom. The molecular weight excluding hydrogens is 354 g/mol. The maximum Gasteiger partial charge on any atom is 0.274 e. The number of piperidine rings is 1. The first-order valence-electron chi connectivity index (χ1n) is 10.1. The summed E-state index contributed by atoms with van der Waals surface area (Å²) in [4.78, 5) is 14.9. The summed E-state index contributed by atoms with van der Waals surface area (Å²) < 4.78 is 8.17. The molecule has 2 aliphatic heterocycles. The maximum absolute atomic E-state index is 13.1. The minimum atomic E-state index is -0.144. The lowest BCUT2D eigenvalue weighted by Crippen LogP contribution is -2.49. The number of nitrogens with zero attached hydrogens (tertiary/aromatic N) is 3. The Labute approximate surface area is 165 Å². The summed E-state index contributed by atoms with van der Waals surface area (Å²) in [5.41, 5.74) is 8.29. The normalized spacial score (nSPS) is 18.0. The van der Waals surface area contributed by atoms with E-state index in [-0.39, 0.29) is 11.5 Å². The van der Waals surface area contributed by atoms with Crippen molar-refractivity contribution in [2.24, 2.45) is 5.73 Å². The number of benzene rings is 1. The van der Waals surface area contributed by atoms with Crippen molar-refractivity contribution in [3.8, 4) is 0 Å². The molecule has 1 aromatic heterocycles. The van der Waals surface area contributed by atoms with Crippen molar-refractivity contribution in [3.05, 3.63) is 53.3 Å². The highest BCUT2D eigenvalue weighted by molar-refractivity contribution is 5.92. The van der Waals surface area contributed by atoms with Crippen LogP contribution in [0, 0.1) is 0 Å². The van der Waals surface area contributed by atoms with E-state index in [1.807, 2.05) is 33.8 Å². The zero-order valence-corrected chi connectivity index (χ0v) is 16.3. The molecule has 0 atom stereocenters. The summed E-state index contributed by atoms with van der Waals surface area (Å²) in [6.45, 7) is 4.76. The van der Waals surface area contributed by atoms with E-state index in [4.69, 9.17) is 10.5 Å². The molecule has 1 saturated heterocycles. The van der Waals surface area contributed by atoms with E-state index in [0.717, 1.165) is 44.6 Å². The van der Waals surface area contributed by atoms with E-state index >= 15 is 0 Å². The SMILES string of the molecule is NCCN(CCc1ccccc1)C(=O)c1cc2n(n1)CC1(CCNCC1)OC2. The van der Waals surface area contributed by atoms with Crippen molar-refractivity contribution < 1.29 is 9.53 Å². The molecule has 4 rings (SSSR count). The number of fused-ring (bicyclic) bond motifs is 1. The van der Waals surface area contributed by atoms with Gasteiger partial charge in [-0.25, -0.2) is 0 Å². The Kier molecular flexibility index (Phi) is 5.75. The van der Waals surface area contributed by atoms with Crippen LogP contribution in [0.25, 0.3) is 0 Å². The predicted molar refractivity (Wildman–Crippen MR) is 107 cm³/mol. The summed E-state index contributed by atoms with van der Waals surface area (Å²) >= 11 is 0. The lowest BCUT2D eigenvalue weighted by atomic mass is 9.91. The van der Waals surface area contributed by atoms with Crippen LogP contribution in [0.4, 0.5) is 0 Å². The van der Waals surface area contributed by atoms with Gasteiger partial charge < -0.3 is 20.7 Å². The fraction of sp³-hybridized carbons (Fsp3) is 0.524. The van der Waals surface area contributed by atoms with Gasteiger partial charge in [-0.05, 0) is 44.0 Å². The van der Waals surface area contributed by atoms with Crippen LogP contribution >= 0.6 is 0 Å². The predicted octanol–water partition coefficient (Wildman–Crippen LogP) is 1.18. The molecule has 0 bridgehead atoms. The van der Waals surface area contributed by atoms with Gasteiger partial charge in [-0.15, -0.1) is 0 Å². The summed E-state index contributed by atoms with van der Waals surface area (Å²) in [6.07, 6.45) is 2.76. The van der Waals surface area contributed by atoms with Gasteiger partial charge in [0.15, 0.2) is 5.69 Å². The number of nitrogens with two attached hydrogens (primary N) is 1. The molecule has 3 heterocycles. The largest absolute Gasteiger partial charge is 0.367 e. The zero-order valence-electron chi connectivity index (χ0n) is 16.3. The van der Waals surface area contributed by atoms with E-state index in [9.17, 15) is 4.79 Å². The Bertz CT molecular complexity index is 798. The van der Waals surface area contributed by atoms with E-state index in [0.29, 0.717) is 31.9 Å². The Balaban J connectivity index is 1.46. The van der Waals surface area contributed by atoms with Gasteiger partial charge in [0, 0.05) is 19.6 Å². The first kappa shape index (κ1) is 19.1. The summed E-state index contributed by atoms with van der Waals surface area (Å²) in [5, 5.41) is 8.02. The first-order chi connectivity index (χ1) is 13.7. The number of hydrogen-bond acceptors (Lipinski definition) is 5. The highest BCUT2D eigenvalue weighted by atomic mass is 16.5. The summed E-state index contributed by atoms with van der Waals surface area (Å²) in [6, 6.07) is 12.1. The molecule has 3 N–H and O–H groups in total. The number of hydrogen-bond donors (Lipinski definition) is 2. The van der Waals surface area contributed by atoms with Crippen LogP contribution in [0.2, 0.25) is 0 Å². The molecule has 28 heavy (non-hydrogen) atoms. The molecule has 7 heteroatoms. The molecule has 7 nitrogen and oxygen atoms in total. The van der Waals surface area contributed by atoms with E-state index in [1.54, 1.807) is 0 Å². The molecule has 1 spiro atoms. The molecule has 0 unspecified atom stereocenters. The third-order valence-corrected chi connectivity index (χ3v) is 5.76. The Morgan fingerprint density at radius 2 is 2.04 bits per heavy atom. The smallest absolute Gasteiger partial charge is 0.274 e. The van der Waals surface area contributed by atoms with Gasteiger partial charge in [-0.3, -0.25) is 9.48 Å². The van der Waals surface area contributed by atoms with Crippen molar-refractivity contribution in [1.82, 2.24) is 20.0 Å². The molecule has 1 amide bonds. The van der Waals surface area contributed by atoms with Crippen molar-refractivity contribution in [2.75, 3.05) is 32.7 Å². The minimum Gasteiger partial charge on any atom is -0.367 e. The highest BCUT2D eigenvalue weighted by Crippen LogP contribution is 2.31. The molecule has 0 aliphatic carbocycles. The number of nitrogens with one attached hydrogen (secondary N) is 1. The fourth-order valence-electron chi connectivity index (χ4n) is 4.08. The van der Waals surface area contributed by atoms with E-state index < -0.39 is 0 Å². The summed E-state index contributed by atoms with van der Waals surface area (Å²) in [5.74, 6) is -0.0531. The van der Waals surface area contributed by atoms with Gasteiger partial charge in [0.25, 0.3) is 5.91 Å². The third kappa shape index (κ3) is 4.11. The summed E-state index contributed by atoms with van der Waals surface area (Å²) in [7, 11) is 0. The molecular formula is C21H29N5O2. The van der Waals surface area contributed by atoms with Gasteiger partial charge in [0.2, 0.25) is 0 Å². The lowest BCUT2D eigenvalue weighted by molar-refractivity contribution is -0.109. The molecule has 1 aromatic carbocycles. The first-order valence-corrected chi connectivity index (χ1v) is 10.1. The van der Waals surface area contributed by atoms with Crippen LogP contribution < -0.4 is 11.1 Å². The highest BCUT2D eigenvalue weighted by Gasteiger charge is 2.38. The van der Waals surface area contributed by atoms with Gasteiger partial charge in [0.05, 0.1) is 24.4 Å². The minimum absolute atomic E-state index is 0.0531. The fourth-order valence-corrected chi connectivity index (χ4v) is 4.08. The average molecular weight is 383 g/mol. The van der Waals surface area contributed by atoms with Crippen molar-refractivity contribution in [3.63, 3.8) is 0 Å². The van der Waals surface area contributed by atoms with Crippen LogP contribution in [-0.4, -0.2) is 58.9 Å². The number of carbonyl (C=O) groups excluding carboxylic acids is 1. The molecule has 0 saturated carbocycles. The van der Waals surface area contributed by atoms with Gasteiger partial charge in [-0.2, -0.15) is 5.10 Å². The van der Waals surface area contributed by atoms with Crippen LogP contribution in [0.15, 0.2) is 36.4 Å². The number of amides is 1. The number of ether oxygens (including phenoxy) is 1. The standard InChI is InChI=1S/C21H29N5O2/c22-9-13-25(12-6-17-4-2-1-3-5-17)20(27)19-14-18-15-28-21(16-26(18)24-19)7-10-23-11-8-21/h1-5,14,23H,6-13,15-16,22H2. The van der Waals surface area contributed by atoms with Crippen molar-refractivity contribution in [2.45, 2.75) is 38.0 Å². The number of rotatable bonds is 6. The van der Waals surface area contributed by atoms with Gasteiger partial charge in [-0.1, -0.05) is 30.3 Å². The molecule has 1 fully saturated rings. The zero-order chi connectivity index (χ0) is 19.4. The second-order valence-corrected chi connectivity index (χ2v) is 7.72. The topological polar surface area (TPSA) is 85.4 Å². The van der Waals surface area contributed by atoms with E-state index in [2.05, 4.69) is 22.5 Å². The van der Waals surface area contributed by atoms with Crippen molar-refractivity contribution >= 4 is 5.91 Å².